The summed E-state index contributed by atoms with van der Waals surface area (Å²) in [5.41, 5.74) is 0.584. The van der Waals surface area contributed by atoms with E-state index in [-0.39, 0.29) is 43.0 Å². The van der Waals surface area contributed by atoms with Crippen LogP contribution in [-0.2, 0) is 30.2 Å². The summed E-state index contributed by atoms with van der Waals surface area (Å²) in [4.78, 5) is 58.9. The molecule has 1 aliphatic carbocycles. The van der Waals surface area contributed by atoms with Crippen LogP contribution in [0.5, 0.6) is 5.75 Å². The number of carbonyl (C=O) groups excluding carboxylic acids is 4. The maximum atomic E-state index is 12.6. The first-order valence-electron chi connectivity index (χ1n) is 11.7. The second kappa shape index (κ2) is 12.9. The van der Waals surface area contributed by atoms with Crippen molar-refractivity contribution in [2.45, 2.75) is 64.2 Å². The van der Waals surface area contributed by atoms with Crippen LogP contribution in [-0.4, -0.2) is 50.2 Å². The van der Waals surface area contributed by atoms with Crippen LogP contribution in [0.4, 0.5) is 4.79 Å². The number of nitroso groups, excluding NO2 is 1. The Labute approximate surface area is 203 Å². The van der Waals surface area contributed by atoms with Gasteiger partial charge in [0, 0.05) is 12.8 Å². The van der Waals surface area contributed by atoms with Crippen LogP contribution in [0.2, 0.25) is 0 Å². The molecule has 12 heteroatoms. The van der Waals surface area contributed by atoms with Gasteiger partial charge >= 0.3 is 19.2 Å². The molecule has 0 spiro atoms. The molecule has 1 atom stereocenters. The van der Waals surface area contributed by atoms with Gasteiger partial charge in [-0.2, -0.15) is 4.91 Å². The molecule has 1 heterocycles. The van der Waals surface area contributed by atoms with Crippen LogP contribution in [0.3, 0.4) is 0 Å². The molecule has 1 aromatic carbocycles. The zero-order valence-corrected chi connectivity index (χ0v) is 19.7. The van der Waals surface area contributed by atoms with Gasteiger partial charge in [-0.25, -0.2) is 9.59 Å². The van der Waals surface area contributed by atoms with E-state index in [1.807, 2.05) is 0 Å². The number of esters is 1. The molecule has 3 rings (SSSR count). The topological polar surface area (TPSA) is 147 Å². The molecule has 0 aromatic heterocycles. The molecule has 0 radical (unpaired) electrons. The Morgan fingerprint density at radius 2 is 1.86 bits per heavy atom. The molecule has 1 saturated carbocycles. The number of benzene rings is 1. The van der Waals surface area contributed by atoms with Gasteiger partial charge in [0.1, 0.15) is 17.1 Å². The number of fused-ring (bicyclic) bond motifs is 1. The molecule has 1 fully saturated rings. The van der Waals surface area contributed by atoms with E-state index in [0.717, 1.165) is 25.7 Å². The Bertz CT molecular complexity index is 949. The van der Waals surface area contributed by atoms with Crippen molar-refractivity contribution in [2.24, 2.45) is 11.0 Å². The SMILES string of the molecule is CC(=O)CCC(=O)N[C@H]1Cc2cccc(C(=O)OCOC(=O)OCC3CCCCC3)c2OB1N=O. The van der Waals surface area contributed by atoms with E-state index in [2.05, 4.69) is 10.4 Å². The lowest BCUT2D eigenvalue weighted by atomic mass is 9.68. The first-order valence-corrected chi connectivity index (χ1v) is 11.7. The first-order chi connectivity index (χ1) is 16.9. The van der Waals surface area contributed by atoms with Crippen molar-refractivity contribution in [1.29, 1.82) is 0 Å². The van der Waals surface area contributed by atoms with Crippen molar-refractivity contribution >= 4 is 30.9 Å². The minimum Gasteiger partial charge on any atom is -0.536 e. The first kappa shape index (κ1) is 26.2. The summed E-state index contributed by atoms with van der Waals surface area (Å²) >= 11 is 0. The number of Topliss-reactive ketones (excluding diaryl/α,β-unsaturated/α-hetero) is 1. The van der Waals surface area contributed by atoms with E-state index >= 15 is 0 Å². The minimum atomic E-state index is -1.27. The van der Waals surface area contributed by atoms with Crippen LogP contribution in [0.15, 0.2) is 23.3 Å². The molecule has 0 bridgehead atoms. The summed E-state index contributed by atoms with van der Waals surface area (Å²) in [5, 5.41) is 5.58. The van der Waals surface area contributed by atoms with Crippen LogP contribution in [0.25, 0.3) is 0 Å². The van der Waals surface area contributed by atoms with Crippen molar-refractivity contribution < 1.29 is 38.0 Å². The van der Waals surface area contributed by atoms with Gasteiger partial charge in [-0.1, -0.05) is 36.5 Å². The molecule has 11 nitrogen and oxygen atoms in total. The smallest absolute Gasteiger partial charge is 0.536 e. The number of hydrogen-bond donors (Lipinski definition) is 1. The molecular formula is C23H29BN2O9. The number of nitrogens with one attached hydrogen (secondary N) is 1. The van der Waals surface area contributed by atoms with Crippen LogP contribution in [0, 0.1) is 10.8 Å². The third kappa shape index (κ3) is 7.79. The molecule has 1 aromatic rings. The highest BCUT2D eigenvalue weighted by molar-refractivity contribution is 6.53. The summed E-state index contributed by atoms with van der Waals surface area (Å²) in [6.45, 7) is 1.02. The molecule has 2 aliphatic rings. The van der Waals surface area contributed by atoms with Crippen molar-refractivity contribution in [3.63, 3.8) is 0 Å². The number of nitrogens with zero attached hydrogens (tertiary/aromatic N) is 1. The molecule has 1 amide bonds. The second-order valence-electron chi connectivity index (χ2n) is 8.75. The highest BCUT2D eigenvalue weighted by atomic mass is 16.8. The summed E-state index contributed by atoms with van der Waals surface area (Å²) in [6, 6.07) is 4.72. The van der Waals surface area contributed by atoms with Crippen LogP contribution in [0.1, 0.15) is 67.8 Å². The van der Waals surface area contributed by atoms with E-state index in [1.54, 1.807) is 12.1 Å². The molecule has 1 aliphatic heterocycles. The van der Waals surface area contributed by atoms with Crippen molar-refractivity contribution in [3.05, 3.63) is 34.2 Å². The van der Waals surface area contributed by atoms with Gasteiger partial charge in [0.15, 0.2) is 0 Å². The van der Waals surface area contributed by atoms with E-state index in [1.165, 1.54) is 19.4 Å². The number of hydrogen-bond acceptors (Lipinski definition) is 10. The van der Waals surface area contributed by atoms with Gasteiger partial charge in [-0.3, -0.25) is 4.79 Å². The Balaban J connectivity index is 1.52. The number of carbonyl (C=O) groups is 4. The van der Waals surface area contributed by atoms with E-state index in [4.69, 9.17) is 18.9 Å². The number of amides is 1. The molecule has 1 N–H and O–H groups in total. The zero-order chi connectivity index (χ0) is 25.2. The third-order valence-electron chi connectivity index (χ3n) is 6.02. The lowest BCUT2D eigenvalue weighted by molar-refractivity contribution is -0.124. The predicted octanol–water partition coefficient (Wildman–Crippen LogP) is 3.12. The molecule has 35 heavy (non-hydrogen) atoms. The summed E-state index contributed by atoms with van der Waals surface area (Å²) < 4.78 is 20.5. The standard InChI is InChI=1S/C23H29BN2O9/c1-15(27)10-11-20(28)25-19-12-17-8-5-9-18(21(17)35-24(19)26-31)22(29)33-14-34-23(30)32-13-16-6-3-2-4-7-16/h5,8-9,16,19H,2-4,6-7,10-14H2,1H3,(H,25,28)/t19-/m0/s1. The maximum Gasteiger partial charge on any atom is 0.570 e. The zero-order valence-electron chi connectivity index (χ0n) is 19.7. The third-order valence-corrected chi connectivity index (χ3v) is 6.02. The van der Waals surface area contributed by atoms with Gasteiger partial charge in [0.25, 0.3) is 0 Å². The molecule has 188 valence electrons. The van der Waals surface area contributed by atoms with Gasteiger partial charge in [-0.15, -0.1) is 0 Å². The van der Waals surface area contributed by atoms with Gasteiger partial charge < -0.3 is 29.0 Å². The highest BCUT2D eigenvalue weighted by Crippen LogP contribution is 2.31. The Morgan fingerprint density at radius 3 is 2.57 bits per heavy atom. The van der Waals surface area contributed by atoms with Crippen LogP contribution >= 0.6 is 0 Å². The predicted molar refractivity (Wildman–Crippen MR) is 123 cm³/mol. The fourth-order valence-electron chi connectivity index (χ4n) is 4.16. The Morgan fingerprint density at radius 1 is 1.09 bits per heavy atom. The number of para-hydroxylation sites is 1. The summed E-state index contributed by atoms with van der Waals surface area (Å²) in [5.74, 6) is -1.68. The van der Waals surface area contributed by atoms with Crippen molar-refractivity contribution in [3.8, 4) is 5.75 Å². The van der Waals surface area contributed by atoms with Crippen LogP contribution < -0.4 is 9.97 Å². The summed E-state index contributed by atoms with van der Waals surface area (Å²) in [6.07, 6.45) is 4.81. The van der Waals surface area contributed by atoms with Gasteiger partial charge in [0.2, 0.25) is 12.7 Å². The largest absolute Gasteiger partial charge is 0.570 e. The Hall–Kier alpha value is -3.44. The van der Waals surface area contributed by atoms with E-state index < -0.39 is 37.8 Å². The maximum absolute atomic E-state index is 12.6. The average Bonchev–Trinajstić information content (AvgIpc) is 2.86. The lowest BCUT2D eigenvalue weighted by Crippen LogP contribution is -2.52. The molecule has 0 unspecified atom stereocenters. The van der Waals surface area contributed by atoms with Crippen molar-refractivity contribution in [2.75, 3.05) is 13.4 Å². The minimum absolute atomic E-state index is 0.0142. The fourth-order valence-corrected chi connectivity index (χ4v) is 4.16. The number of rotatable bonds is 10. The van der Waals surface area contributed by atoms with E-state index in [0.29, 0.717) is 11.5 Å². The van der Waals surface area contributed by atoms with Crippen molar-refractivity contribution in [1.82, 2.24) is 5.32 Å². The monoisotopic (exact) mass is 488 g/mol. The fraction of sp³-hybridized carbons (Fsp3) is 0.565. The molecular weight excluding hydrogens is 459 g/mol. The number of ether oxygens (including phenoxy) is 3. The van der Waals surface area contributed by atoms with Gasteiger partial charge in [0.05, 0.1) is 12.5 Å². The summed E-state index contributed by atoms with van der Waals surface area (Å²) in [7, 11) is -1.27. The normalized spacial score (nSPS) is 17.4. The number of ketones is 1. The quantitative estimate of drug-likeness (QED) is 0.227. The average molecular weight is 488 g/mol. The Kier molecular flexibility index (Phi) is 9.62. The lowest BCUT2D eigenvalue weighted by Gasteiger charge is -2.28. The van der Waals surface area contributed by atoms with E-state index in [9.17, 15) is 24.1 Å². The second-order valence-corrected chi connectivity index (χ2v) is 8.75. The van der Waals surface area contributed by atoms with Gasteiger partial charge in [-0.05, 0) is 43.7 Å². The highest BCUT2D eigenvalue weighted by Gasteiger charge is 2.40. The molecule has 0 saturated heterocycles.